The number of benzene rings is 1. The second-order valence-electron chi connectivity index (χ2n) is 5.76. The summed E-state index contributed by atoms with van der Waals surface area (Å²) in [7, 11) is 0. The van der Waals surface area contributed by atoms with Gasteiger partial charge in [-0.05, 0) is 61.3 Å². The fourth-order valence-electron chi connectivity index (χ4n) is 3.21. The van der Waals surface area contributed by atoms with Crippen molar-refractivity contribution in [3.63, 3.8) is 0 Å². The van der Waals surface area contributed by atoms with Gasteiger partial charge in [0.1, 0.15) is 0 Å². The molecule has 0 radical (unpaired) electrons. The first-order chi connectivity index (χ1) is 9.28. The maximum atomic E-state index is 12.5. The largest absolute Gasteiger partial charge is 0.396 e. The lowest BCUT2D eigenvalue weighted by Gasteiger charge is -2.31. The van der Waals surface area contributed by atoms with Crippen LogP contribution < -0.4 is 0 Å². The second kappa shape index (κ2) is 5.33. The molecule has 19 heavy (non-hydrogen) atoms. The van der Waals surface area contributed by atoms with E-state index >= 15 is 0 Å². The van der Waals surface area contributed by atoms with Crippen LogP contribution in [0, 0.1) is 5.92 Å². The van der Waals surface area contributed by atoms with Crippen LogP contribution in [0.4, 0.5) is 0 Å². The Balaban J connectivity index is 1.70. The molecule has 1 aliphatic carbocycles. The summed E-state index contributed by atoms with van der Waals surface area (Å²) in [5.41, 5.74) is 3.61. The molecule has 1 aliphatic heterocycles. The first-order valence-electron chi connectivity index (χ1n) is 7.30. The number of aliphatic hydroxyl groups excluding tert-OH is 1. The number of hydrogen-bond donors (Lipinski definition) is 1. The van der Waals surface area contributed by atoms with Gasteiger partial charge >= 0.3 is 0 Å². The fraction of sp³-hybridized carbons (Fsp3) is 0.562. The van der Waals surface area contributed by atoms with Gasteiger partial charge in [-0.15, -0.1) is 0 Å². The molecule has 3 nitrogen and oxygen atoms in total. The third kappa shape index (κ3) is 2.52. The molecule has 0 saturated carbocycles. The standard InChI is InChI=1S/C16H21NO2/c18-11-12-6-8-17(9-7-12)16(19)15-5-4-13-2-1-3-14(13)10-15/h4-5,10,12,18H,1-3,6-9,11H2. The molecule has 3 heteroatoms. The molecule has 0 spiro atoms. The first-order valence-corrected chi connectivity index (χ1v) is 7.30. The Morgan fingerprint density at radius 1 is 1.21 bits per heavy atom. The van der Waals surface area contributed by atoms with Gasteiger partial charge in [0.2, 0.25) is 0 Å². The molecular formula is C16H21NO2. The van der Waals surface area contributed by atoms with Crippen molar-refractivity contribution in [3.8, 4) is 0 Å². The number of carbonyl (C=O) groups is 1. The number of hydrogen-bond acceptors (Lipinski definition) is 2. The number of aryl methyl sites for hydroxylation is 2. The molecule has 0 aromatic heterocycles. The summed E-state index contributed by atoms with van der Waals surface area (Å²) in [5.74, 6) is 0.537. The number of likely N-dealkylation sites (tertiary alicyclic amines) is 1. The highest BCUT2D eigenvalue weighted by atomic mass is 16.3. The lowest BCUT2D eigenvalue weighted by molar-refractivity contribution is 0.0651. The Labute approximate surface area is 114 Å². The van der Waals surface area contributed by atoms with Crippen molar-refractivity contribution in [2.75, 3.05) is 19.7 Å². The molecule has 0 unspecified atom stereocenters. The van der Waals surface area contributed by atoms with E-state index in [0.29, 0.717) is 5.92 Å². The van der Waals surface area contributed by atoms with E-state index in [1.807, 2.05) is 11.0 Å². The van der Waals surface area contributed by atoms with Gasteiger partial charge in [0, 0.05) is 25.3 Å². The van der Waals surface area contributed by atoms with Crippen molar-refractivity contribution < 1.29 is 9.90 Å². The zero-order chi connectivity index (χ0) is 13.2. The number of nitrogens with zero attached hydrogens (tertiary/aromatic N) is 1. The van der Waals surface area contributed by atoms with Crippen LogP contribution in [0.15, 0.2) is 18.2 Å². The molecule has 0 bridgehead atoms. The molecule has 1 aromatic rings. The summed E-state index contributed by atoms with van der Waals surface area (Å²) in [4.78, 5) is 14.4. The van der Waals surface area contributed by atoms with Crippen LogP contribution in [0.2, 0.25) is 0 Å². The number of amides is 1. The SMILES string of the molecule is O=C(c1ccc2c(c1)CCC2)N1CCC(CO)CC1. The van der Waals surface area contributed by atoms with E-state index < -0.39 is 0 Å². The van der Waals surface area contributed by atoms with Gasteiger partial charge in [-0.1, -0.05) is 6.07 Å². The Morgan fingerprint density at radius 3 is 2.68 bits per heavy atom. The first kappa shape index (κ1) is 12.7. The summed E-state index contributed by atoms with van der Waals surface area (Å²) < 4.78 is 0. The third-order valence-corrected chi connectivity index (χ3v) is 4.51. The molecule has 1 saturated heterocycles. The van der Waals surface area contributed by atoms with Gasteiger partial charge in [0.25, 0.3) is 5.91 Å². The maximum absolute atomic E-state index is 12.5. The highest BCUT2D eigenvalue weighted by Crippen LogP contribution is 2.24. The molecular weight excluding hydrogens is 238 g/mol. The average Bonchev–Trinajstić information content (AvgIpc) is 2.94. The summed E-state index contributed by atoms with van der Waals surface area (Å²) in [6.07, 6.45) is 5.34. The van der Waals surface area contributed by atoms with Gasteiger partial charge in [-0.3, -0.25) is 4.79 Å². The van der Waals surface area contributed by atoms with Crippen LogP contribution in [-0.2, 0) is 12.8 Å². The Morgan fingerprint density at radius 2 is 1.95 bits per heavy atom. The molecule has 1 N–H and O–H groups in total. The topological polar surface area (TPSA) is 40.5 Å². The summed E-state index contributed by atoms with van der Waals surface area (Å²) in [5, 5.41) is 9.14. The monoisotopic (exact) mass is 259 g/mol. The highest BCUT2D eigenvalue weighted by Gasteiger charge is 2.24. The van der Waals surface area contributed by atoms with Crippen molar-refractivity contribution in [2.45, 2.75) is 32.1 Å². The smallest absolute Gasteiger partial charge is 0.253 e. The average molecular weight is 259 g/mol. The van der Waals surface area contributed by atoms with Crippen LogP contribution in [-0.4, -0.2) is 35.6 Å². The Hall–Kier alpha value is -1.35. The molecule has 1 amide bonds. The second-order valence-corrected chi connectivity index (χ2v) is 5.76. The fourth-order valence-corrected chi connectivity index (χ4v) is 3.21. The van der Waals surface area contributed by atoms with Crippen molar-refractivity contribution in [2.24, 2.45) is 5.92 Å². The van der Waals surface area contributed by atoms with E-state index in [4.69, 9.17) is 5.11 Å². The van der Waals surface area contributed by atoms with Crippen molar-refractivity contribution >= 4 is 5.91 Å². The van der Waals surface area contributed by atoms with E-state index in [1.165, 1.54) is 17.5 Å². The van der Waals surface area contributed by atoms with E-state index in [0.717, 1.165) is 44.3 Å². The van der Waals surface area contributed by atoms with Crippen LogP contribution in [0.1, 0.15) is 40.7 Å². The minimum absolute atomic E-state index is 0.158. The summed E-state index contributed by atoms with van der Waals surface area (Å²) >= 11 is 0. The quantitative estimate of drug-likeness (QED) is 0.882. The Kier molecular flexibility index (Phi) is 3.56. The van der Waals surface area contributed by atoms with Crippen molar-refractivity contribution in [1.82, 2.24) is 4.90 Å². The predicted molar refractivity (Wildman–Crippen MR) is 74.2 cm³/mol. The number of fused-ring (bicyclic) bond motifs is 1. The van der Waals surface area contributed by atoms with Gasteiger partial charge in [0.05, 0.1) is 0 Å². The molecule has 2 aliphatic rings. The van der Waals surface area contributed by atoms with Gasteiger partial charge in [-0.2, -0.15) is 0 Å². The zero-order valence-electron chi connectivity index (χ0n) is 11.3. The lowest BCUT2D eigenvalue weighted by atomic mass is 9.97. The summed E-state index contributed by atoms with van der Waals surface area (Å²) in [6, 6.07) is 6.18. The molecule has 1 fully saturated rings. The zero-order valence-corrected chi connectivity index (χ0v) is 11.3. The molecule has 3 rings (SSSR count). The minimum atomic E-state index is 0.158. The van der Waals surface area contributed by atoms with Crippen LogP contribution in [0.25, 0.3) is 0 Å². The Bertz CT molecular complexity index is 476. The van der Waals surface area contributed by atoms with Crippen LogP contribution in [0.3, 0.4) is 0 Å². The van der Waals surface area contributed by atoms with E-state index in [9.17, 15) is 4.79 Å². The highest BCUT2D eigenvalue weighted by molar-refractivity contribution is 5.94. The van der Waals surface area contributed by atoms with Crippen LogP contribution in [0.5, 0.6) is 0 Å². The maximum Gasteiger partial charge on any atom is 0.253 e. The number of aliphatic hydroxyl groups is 1. The van der Waals surface area contributed by atoms with E-state index in [-0.39, 0.29) is 12.5 Å². The minimum Gasteiger partial charge on any atom is -0.396 e. The van der Waals surface area contributed by atoms with Gasteiger partial charge in [0.15, 0.2) is 0 Å². The van der Waals surface area contributed by atoms with E-state index in [1.54, 1.807) is 0 Å². The van der Waals surface area contributed by atoms with Crippen LogP contribution >= 0.6 is 0 Å². The van der Waals surface area contributed by atoms with Gasteiger partial charge in [-0.25, -0.2) is 0 Å². The molecule has 102 valence electrons. The van der Waals surface area contributed by atoms with E-state index in [2.05, 4.69) is 12.1 Å². The number of rotatable bonds is 2. The third-order valence-electron chi connectivity index (χ3n) is 4.51. The number of piperidine rings is 1. The normalized spacial score (nSPS) is 19.5. The lowest BCUT2D eigenvalue weighted by Crippen LogP contribution is -2.39. The molecule has 0 atom stereocenters. The predicted octanol–water partition coefficient (Wildman–Crippen LogP) is 2.02. The number of carbonyl (C=O) groups excluding carboxylic acids is 1. The van der Waals surface area contributed by atoms with Crippen molar-refractivity contribution in [3.05, 3.63) is 34.9 Å². The van der Waals surface area contributed by atoms with Crippen molar-refractivity contribution in [1.29, 1.82) is 0 Å². The molecule has 1 aromatic carbocycles. The summed E-state index contributed by atoms with van der Waals surface area (Å²) in [6.45, 7) is 1.81. The van der Waals surface area contributed by atoms with Gasteiger partial charge < -0.3 is 10.0 Å². The molecule has 1 heterocycles.